The second-order valence-corrected chi connectivity index (χ2v) is 3.62. The highest BCUT2D eigenvalue weighted by Gasteiger charge is 2.18. The first kappa shape index (κ1) is 18.4. The van der Waals surface area contributed by atoms with Crippen LogP contribution in [0.5, 0.6) is 0 Å². The van der Waals surface area contributed by atoms with Crippen LogP contribution in [-0.4, -0.2) is 37.7 Å². The average molecular weight is 294 g/mol. The van der Waals surface area contributed by atoms with E-state index in [2.05, 4.69) is 19.7 Å². The minimum Gasteiger partial charge on any atom is -0.461 e. The number of hydrogen-bond acceptors (Lipinski definition) is 6. The minimum absolute atomic E-state index is 0.00866. The molecule has 0 N–H and O–H groups in total. The molecule has 0 atom stereocenters. The van der Waals surface area contributed by atoms with Crippen molar-refractivity contribution in [1.82, 2.24) is 0 Å². The van der Waals surface area contributed by atoms with Crippen LogP contribution in [0.4, 0.5) is 0 Å². The summed E-state index contributed by atoms with van der Waals surface area (Å²) in [5, 5.41) is 0. The first-order valence-corrected chi connectivity index (χ1v) is 6.07. The van der Waals surface area contributed by atoms with E-state index in [-0.39, 0.29) is 25.4 Å². The monoisotopic (exact) mass is 294 g/mol. The molecule has 0 saturated carbocycles. The van der Waals surface area contributed by atoms with Crippen molar-refractivity contribution < 1.29 is 28.6 Å². The van der Waals surface area contributed by atoms with E-state index in [4.69, 9.17) is 14.2 Å². The van der Waals surface area contributed by atoms with Crippen LogP contribution in [0.2, 0.25) is 0 Å². The summed E-state index contributed by atoms with van der Waals surface area (Å²) >= 11 is 0. The smallest absolute Gasteiger partial charge is 0.335 e. The molecule has 0 aromatic rings. The third-order valence-electron chi connectivity index (χ3n) is 1.93. The SMILES string of the molecule is C=CCOC(=O)/C=C(/CC(=O)OCC=C)C(=O)OCC=C. The van der Waals surface area contributed by atoms with Gasteiger partial charge in [0.15, 0.2) is 0 Å². The molecule has 0 rings (SSSR count). The zero-order valence-electron chi connectivity index (χ0n) is 11.7. The van der Waals surface area contributed by atoms with E-state index in [9.17, 15) is 14.4 Å². The lowest BCUT2D eigenvalue weighted by Gasteiger charge is -2.07. The van der Waals surface area contributed by atoms with Gasteiger partial charge in [-0.1, -0.05) is 38.0 Å². The molecule has 114 valence electrons. The summed E-state index contributed by atoms with van der Waals surface area (Å²) < 4.78 is 14.2. The van der Waals surface area contributed by atoms with Gasteiger partial charge >= 0.3 is 17.9 Å². The number of carbonyl (C=O) groups excluding carboxylic acids is 3. The molecule has 0 unspecified atom stereocenters. The third-order valence-corrected chi connectivity index (χ3v) is 1.93. The fourth-order valence-electron chi connectivity index (χ4n) is 1.09. The zero-order chi connectivity index (χ0) is 16.1. The highest BCUT2D eigenvalue weighted by atomic mass is 16.5. The second-order valence-electron chi connectivity index (χ2n) is 3.62. The Labute approximate surface area is 123 Å². The Balaban J connectivity index is 4.85. The van der Waals surface area contributed by atoms with Crippen LogP contribution in [-0.2, 0) is 28.6 Å². The first-order chi connectivity index (χ1) is 10.0. The Bertz CT molecular complexity index is 447. The van der Waals surface area contributed by atoms with Crippen molar-refractivity contribution in [3.05, 3.63) is 49.6 Å². The third kappa shape index (κ3) is 8.99. The van der Waals surface area contributed by atoms with Gasteiger partial charge in [-0.05, 0) is 0 Å². The van der Waals surface area contributed by atoms with Crippen LogP contribution >= 0.6 is 0 Å². The maximum atomic E-state index is 11.7. The van der Waals surface area contributed by atoms with E-state index in [1.54, 1.807) is 0 Å². The van der Waals surface area contributed by atoms with Gasteiger partial charge in [0, 0.05) is 6.08 Å². The van der Waals surface area contributed by atoms with Gasteiger partial charge in [0.05, 0.1) is 12.0 Å². The summed E-state index contributed by atoms with van der Waals surface area (Å²) in [4.78, 5) is 34.6. The molecule has 6 heteroatoms. The summed E-state index contributed by atoms with van der Waals surface area (Å²) in [5.74, 6) is -2.29. The van der Waals surface area contributed by atoms with Gasteiger partial charge in [-0.15, -0.1) is 0 Å². The van der Waals surface area contributed by atoms with Gasteiger partial charge < -0.3 is 14.2 Å². The van der Waals surface area contributed by atoms with E-state index < -0.39 is 24.3 Å². The van der Waals surface area contributed by atoms with Crippen molar-refractivity contribution in [1.29, 1.82) is 0 Å². The summed E-state index contributed by atoms with van der Waals surface area (Å²) in [6.45, 7) is 10.1. The Morgan fingerprint density at radius 3 is 1.90 bits per heavy atom. The van der Waals surface area contributed by atoms with E-state index in [0.717, 1.165) is 6.08 Å². The van der Waals surface area contributed by atoms with E-state index in [1.165, 1.54) is 18.2 Å². The van der Waals surface area contributed by atoms with Crippen LogP contribution in [0, 0.1) is 0 Å². The molecule has 0 spiro atoms. The van der Waals surface area contributed by atoms with Crippen LogP contribution in [0.3, 0.4) is 0 Å². The molecule has 0 bridgehead atoms. The molecule has 0 heterocycles. The van der Waals surface area contributed by atoms with Gasteiger partial charge in [-0.3, -0.25) is 4.79 Å². The molecular weight excluding hydrogens is 276 g/mol. The minimum atomic E-state index is -0.819. The molecule has 0 aliphatic carbocycles. The van der Waals surface area contributed by atoms with Crippen molar-refractivity contribution >= 4 is 17.9 Å². The van der Waals surface area contributed by atoms with Crippen molar-refractivity contribution in [2.24, 2.45) is 0 Å². The highest BCUT2D eigenvalue weighted by Crippen LogP contribution is 2.07. The Morgan fingerprint density at radius 2 is 1.33 bits per heavy atom. The molecule has 0 aliphatic rings. The largest absolute Gasteiger partial charge is 0.461 e. The summed E-state index contributed by atoms with van der Waals surface area (Å²) in [5.41, 5.74) is -0.167. The van der Waals surface area contributed by atoms with E-state index in [0.29, 0.717) is 0 Å². The molecule has 0 saturated heterocycles. The maximum absolute atomic E-state index is 11.7. The number of hydrogen-bond donors (Lipinski definition) is 0. The zero-order valence-corrected chi connectivity index (χ0v) is 11.7. The summed E-state index contributed by atoms with van der Waals surface area (Å²) in [7, 11) is 0. The molecule has 0 amide bonds. The summed E-state index contributed by atoms with van der Waals surface area (Å²) in [6, 6.07) is 0. The highest BCUT2D eigenvalue weighted by molar-refractivity contribution is 5.99. The van der Waals surface area contributed by atoms with Gasteiger partial charge in [0.1, 0.15) is 19.8 Å². The molecule has 0 radical (unpaired) electrons. The second kappa shape index (κ2) is 11.2. The molecule has 0 fully saturated rings. The molecule has 0 aromatic carbocycles. The lowest BCUT2D eigenvalue weighted by atomic mass is 10.2. The van der Waals surface area contributed by atoms with Crippen LogP contribution in [0.25, 0.3) is 0 Å². The van der Waals surface area contributed by atoms with E-state index in [1.807, 2.05) is 0 Å². The van der Waals surface area contributed by atoms with Crippen molar-refractivity contribution in [2.75, 3.05) is 19.8 Å². The molecular formula is C15H18O6. The number of carbonyl (C=O) groups is 3. The number of rotatable bonds is 10. The average Bonchev–Trinajstić information content (AvgIpc) is 2.47. The normalized spacial score (nSPS) is 10.2. The standard InChI is InChI=1S/C15H18O6/c1-4-7-19-13(16)10-12(15(18)21-9-6-3)11-14(17)20-8-5-2/h4-6,10H,1-3,7-9,11H2/b12-10-. The van der Waals surface area contributed by atoms with Gasteiger partial charge in [0.2, 0.25) is 0 Å². The van der Waals surface area contributed by atoms with Gasteiger partial charge in [-0.2, -0.15) is 0 Å². The molecule has 0 aromatic heterocycles. The topological polar surface area (TPSA) is 78.9 Å². The maximum Gasteiger partial charge on any atom is 0.335 e. The molecule has 0 aliphatic heterocycles. The quantitative estimate of drug-likeness (QED) is 0.263. The fourth-order valence-corrected chi connectivity index (χ4v) is 1.09. The first-order valence-electron chi connectivity index (χ1n) is 6.07. The Kier molecular flexibility index (Phi) is 9.81. The van der Waals surface area contributed by atoms with Crippen LogP contribution < -0.4 is 0 Å². The Hall–Kier alpha value is -2.63. The van der Waals surface area contributed by atoms with Crippen LogP contribution in [0.1, 0.15) is 6.42 Å². The Morgan fingerprint density at radius 1 is 0.810 bits per heavy atom. The summed E-state index contributed by atoms with van der Waals surface area (Å²) in [6.07, 6.45) is 4.61. The predicted molar refractivity (Wildman–Crippen MR) is 76.2 cm³/mol. The lowest BCUT2D eigenvalue weighted by molar-refractivity contribution is -0.145. The molecule has 21 heavy (non-hydrogen) atoms. The van der Waals surface area contributed by atoms with Crippen LogP contribution in [0.15, 0.2) is 49.6 Å². The van der Waals surface area contributed by atoms with E-state index >= 15 is 0 Å². The van der Waals surface area contributed by atoms with Crippen molar-refractivity contribution in [3.8, 4) is 0 Å². The van der Waals surface area contributed by atoms with Crippen molar-refractivity contribution in [2.45, 2.75) is 6.42 Å². The number of esters is 3. The lowest BCUT2D eigenvalue weighted by Crippen LogP contribution is -2.16. The number of ether oxygens (including phenoxy) is 3. The molecule has 6 nitrogen and oxygen atoms in total. The fraction of sp³-hybridized carbons (Fsp3) is 0.267. The van der Waals surface area contributed by atoms with Gasteiger partial charge in [0.25, 0.3) is 0 Å². The van der Waals surface area contributed by atoms with Crippen molar-refractivity contribution in [3.63, 3.8) is 0 Å². The predicted octanol–water partition coefficient (Wildman–Crippen LogP) is 1.49. The van der Waals surface area contributed by atoms with Gasteiger partial charge in [-0.25, -0.2) is 9.59 Å².